The third kappa shape index (κ3) is 2.07. The summed E-state index contributed by atoms with van der Waals surface area (Å²) in [6.07, 6.45) is 0. The van der Waals surface area contributed by atoms with E-state index in [9.17, 15) is 4.79 Å². The van der Waals surface area contributed by atoms with Crippen molar-refractivity contribution in [1.82, 2.24) is 0 Å². The molecule has 0 saturated heterocycles. The minimum absolute atomic E-state index is 0.203. The lowest BCUT2D eigenvalue weighted by Crippen LogP contribution is -2.03. The van der Waals surface area contributed by atoms with Crippen molar-refractivity contribution in [2.75, 3.05) is 5.73 Å². The topological polar surface area (TPSA) is 43.1 Å². The molecule has 82 valence electrons. The molecule has 0 spiro atoms. The highest BCUT2D eigenvalue weighted by atomic mass is 35.5. The summed E-state index contributed by atoms with van der Waals surface area (Å²) in [4.78, 5) is 12.1. The number of ketones is 1. The van der Waals surface area contributed by atoms with E-state index in [2.05, 4.69) is 0 Å². The van der Waals surface area contributed by atoms with Crippen LogP contribution in [0.2, 0.25) is 9.36 Å². The van der Waals surface area contributed by atoms with Crippen molar-refractivity contribution in [1.29, 1.82) is 0 Å². The summed E-state index contributed by atoms with van der Waals surface area (Å²) in [5, 5.41) is 0.823. The first-order valence-electron chi connectivity index (χ1n) is 4.43. The molecule has 16 heavy (non-hydrogen) atoms. The molecule has 2 aromatic rings. The number of hydrogen-bond acceptors (Lipinski definition) is 3. The Morgan fingerprint density at radius 1 is 1.19 bits per heavy atom. The highest BCUT2D eigenvalue weighted by Crippen LogP contribution is 2.31. The lowest BCUT2D eigenvalue weighted by Gasteiger charge is -2.01. The second kappa shape index (κ2) is 4.45. The highest BCUT2D eigenvalue weighted by molar-refractivity contribution is 7.20. The number of nitrogens with two attached hydrogens (primary N) is 1. The van der Waals surface area contributed by atoms with Gasteiger partial charge in [0.25, 0.3) is 0 Å². The summed E-state index contributed by atoms with van der Waals surface area (Å²) in [7, 11) is 0. The summed E-state index contributed by atoms with van der Waals surface area (Å²) >= 11 is 12.9. The van der Waals surface area contributed by atoms with Crippen LogP contribution in [0.1, 0.15) is 15.9 Å². The molecule has 0 aliphatic rings. The number of thiophene rings is 1. The number of carbonyl (C=O) groups is 1. The second-order valence-electron chi connectivity index (χ2n) is 3.14. The van der Waals surface area contributed by atoms with Crippen LogP contribution < -0.4 is 5.73 Å². The molecule has 1 aromatic heterocycles. The van der Waals surface area contributed by atoms with E-state index in [0.29, 0.717) is 25.5 Å². The Balaban J connectivity index is 2.47. The molecule has 0 fully saturated rings. The highest BCUT2D eigenvalue weighted by Gasteiger charge is 2.17. The van der Waals surface area contributed by atoms with Gasteiger partial charge in [-0.05, 0) is 18.2 Å². The molecule has 2 nitrogen and oxygen atoms in total. The molecule has 2 N–H and O–H groups in total. The van der Waals surface area contributed by atoms with E-state index in [1.54, 1.807) is 30.3 Å². The molecule has 0 aliphatic carbocycles. The van der Waals surface area contributed by atoms with Crippen LogP contribution in [0.15, 0.2) is 30.3 Å². The summed E-state index contributed by atoms with van der Waals surface area (Å²) in [6.45, 7) is 0. The van der Waals surface area contributed by atoms with Gasteiger partial charge >= 0.3 is 0 Å². The predicted molar refractivity (Wildman–Crippen MR) is 68.6 cm³/mol. The van der Waals surface area contributed by atoms with Gasteiger partial charge in [0, 0.05) is 5.56 Å². The fraction of sp³-hybridized carbons (Fsp3) is 0. The molecule has 1 aromatic carbocycles. The molecular formula is C11H7Cl2NOS. The molecule has 0 atom stereocenters. The van der Waals surface area contributed by atoms with Gasteiger partial charge < -0.3 is 5.73 Å². The summed E-state index contributed by atoms with van der Waals surface area (Å²) < 4.78 is 0.493. The second-order valence-corrected chi connectivity index (χ2v) is 5.26. The summed E-state index contributed by atoms with van der Waals surface area (Å²) in [6, 6.07) is 8.41. The standard InChI is InChI=1S/C11H7Cl2NOS/c12-8-4-2-1-3-6(8)10(15)7-5-9(13)16-11(7)14/h1-5H,14H2. The van der Waals surface area contributed by atoms with Gasteiger partial charge in [-0.1, -0.05) is 35.3 Å². The Labute approximate surface area is 107 Å². The number of hydrogen-bond donors (Lipinski definition) is 1. The Morgan fingerprint density at radius 2 is 1.88 bits per heavy atom. The largest absolute Gasteiger partial charge is 0.390 e. The SMILES string of the molecule is Nc1sc(Cl)cc1C(=O)c1ccccc1Cl. The first-order chi connectivity index (χ1) is 7.59. The van der Waals surface area contributed by atoms with Crippen LogP contribution in [0.25, 0.3) is 0 Å². The fourth-order valence-corrected chi connectivity index (χ4v) is 2.57. The van der Waals surface area contributed by atoms with Crippen molar-refractivity contribution in [2.24, 2.45) is 0 Å². The van der Waals surface area contributed by atoms with Crippen molar-refractivity contribution in [3.8, 4) is 0 Å². The molecular weight excluding hydrogens is 265 g/mol. The number of nitrogen functional groups attached to an aromatic ring is 1. The third-order valence-corrected chi connectivity index (χ3v) is 3.52. The zero-order chi connectivity index (χ0) is 11.7. The van der Waals surface area contributed by atoms with Gasteiger partial charge in [-0.3, -0.25) is 4.79 Å². The lowest BCUT2D eigenvalue weighted by molar-refractivity contribution is 0.104. The summed E-state index contributed by atoms with van der Waals surface area (Å²) in [5.41, 5.74) is 6.54. The minimum Gasteiger partial charge on any atom is -0.390 e. The maximum absolute atomic E-state index is 12.1. The number of carbonyl (C=O) groups excluding carboxylic acids is 1. The number of benzene rings is 1. The van der Waals surface area contributed by atoms with E-state index in [4.69, 9.17) is 28.9 Å². The van der Waals surface area contributed by atoms with E-state index >= 15 is 0 Å². The van der Waals surface area contributed by atoms with Crippen LogP contribution in [0.5, 0.6) is 0 Å². The molecule has 0 aliphatic heterocycles. The van der Waals surface area contributed by atoms with Gasteiger partial charge in [-0.2, -0.15) is 0 Å². The smallest absolute Gasteiger partial charge is 0.197 e. The summed E-state index contributed by atoms with van der Waals surface area (Å²) in [5.74, 6) is -0.203. The van der Waals surface area contributed by atoms with Crippen LogP contribution in [-0.2, 0) is 0 Å². The Bertz CT molecular complexity index is 551. The van der Waals surface area contributed by atoms with Gasteiger partial charge in [0.05, 0.1) is 19.9 Å². The fourth-order valence-electron chi connectivity index (χ4n) is 1.34. The van der Waals surface area contributed by atoms with Gasteiger partial charge in [-0.25, -0.2) is 0 Å². The van der Waals surface area contributed by atoms with Crippen molar-refractivity contribution < 1.29 is 4.79 Å². The predicted octanol–water partition coefficient (Wildman–Crippen LogP) is 3.87. The van der Waals surface area contributed by atoms with Crippen LogP contribution in [0.3, 0.4) is 0 Å². The first kappa shape index (κ1) is 11.5. The van der Waals surface area contributed by atoms with Crippen molar-refractivity contribution in [3.63, 3.8) is 0 Å². The quantitative estimate of drug-likeness (QED) is 0.843. The van der Waals surface area contributed by atoms with Gasteiger partial charge in [0.1, 0.15) is 0 Å². The lowest BCUT2D eigenvalue weighted by atomic mass is 10.1. The third-order valence-electron chi connectivity index (χ3n) is 2.09. The van der Waals surface area contributed by atoms with E-state index in [1.807, 2.05) is 0 Å². The molecule has 2 rings (SSSR count). The number of rotatable bonds is 2. The van der Waals surface area contributed by atoms with Gasteiger partial charge in [0.15, 0.2) is 5.78 Å². The average molecular weight is 272 g/mol. The number of anilines is 1. The van der Waals surface area contributed by atoms with E-state index in [0.717, 1.165) is 0 Å². The van der Waals surface area contributed by atoms with Crippen LogP contribution in [0, 0.1) is 0 Å². The number of halogens is 2. The van der Waals surface area contributed by atoms with Crippen LogP contribution in [0.4, 0.5) is 5.00 Å². The Hall–Kier alpha value is -1.03. The molecule has 1 heterocycles. The Kier molecular flexibility index (Phi) is 3.19. The zero-order valence-corrected chi connectivity index (χ0v) is 10.4. The molecule has 0 radical (unpaired) electrons. The van der Waals surface area contributed by atoms with Gasteiger partial charge in [-0.15, -0.1) is 11.3 Å². The average Bonchev–Trinajstić information content (AvgIpc) is 2.58. The minimum atomic E-state index is -0.203. The van der Waals surface area contributed by atoms with E-state index in [1.165, 1.54) is 11.3 Å². The Morgan fingerprint density at radius 3 is 2.44 bits per heavy atom. The molecule has 0 unspecified atom stereocenters. The van der Waals surface area contributed by atoms with E-state index < -0.39 is 0 Å². The van der Waals surface area contributed by atoms with Crippen molar-refractivity contribution >= 4 is 45.3 Å². The first-order valence-corrected chi connectivity index (χ1v) is 6.01. The van der Waals surface area contributed by atoms with E-state index in [-0.39, 0.29) is 5.78 Å². The van der Waals surface area contributed by atoms with Crippen LogP contribution >= 0.6 is 34.5 Å². The van der Waals surface area contributed by atoms with Crippen molar-refractivity contribution in [3.05, 3.63) is 50.8 Å². The molecule has 0 saturated carbocycles. The maximum Gasteiger partial charge on any atom is 0.197 e. The maximum atomic E-state index is 12.1. The molecule has 5 heteroatoms. The molecule has 0 bridgehead atoms. The zero-order valence-electron chi connectivity index (χ0n) is 8.04. The monoisotopic (exact) mass is 271 g/mol. The molecule has 0 amide bonds. The van der Waals surface area contributed by atoms with Crippen molar-refractivity contribution in [2.45, 2.75) is 0 Å². The normalized spacial score (nSPS) is 10.4. The van der Waals surface area contributed by atoms with Gasteiger partial charge in [0.2, 0.25) is 0 Å². The van der Waals surface area contributed by atoms with Crippen LogP contribution in [-0.4, -0.2) is 5.78 Å².